The molecule has 0 radical (unpaired) electrons. The minimum Gasteiger partial charge on any atom is -0.481 e. The molecule has 0 aliphatic carbocycles. The van der Waals surface area contributed by atoms with Gasteiger partial charge in [-0.25, -0.2) is 0 Å². The summed E-state index contributed by atoms with van der Waals surface area (Å²) in [6.45, 7) is 4.71. The molecule has 0 saturated heterocycles. The van der Waals surface area contributed by atoms with Gasteiger partial charge in [-0.1, -0.05) is 24.3 Å². The van der Waals surface area contributed by atoms with Gasteiger partial charge in [-0.3, -0.25) is 19.7 Å². The first kappa shape index (κ1) is 21.6. The second-order valence-corrected chi connectivity index (χ2v) is 7.34. The van der Waals surface area contributed by atoms with Crippen LogP contribution >= 0.6 is 0 Å². The van der Waals surface area contributed by atoms with Crippen LogP contribution in [0.2, 0.25) is 0 Å². The lowest BCUT2D eigenvalue weighted by Gasteiger charge is -2.27. The van der Waals surface area contributed by atoms with Crippen LogP contribution < -0.4 is 0 Å². The summed E-state index contributed by atoms with van der Waals surface area (Å²) in [6, 6.07) is 7.14. The molecule has 0 bridgehead atoms. The third kappa shape index (κ3) is 5.54. The van der Waals surface area contributed by atoms with Crippen molar-refractivity contribution in [2.45, 2.75) is 63.8 Å². The molecule has 1 aromatic carbocycles. The van der Waals surface area contributed by atoms with Crippen molar-refractivity contribution < 1.29 is 24.4 Å². The predicted molar refractivity (Wildman–Crippen MR) is 96.7 cm³/mol. The summed E-state index contributed by atoms with van der Waals surface area (Å²) in [4.78, 5) is 33.9. The Balaban J connectivity index is 2.92. The number of aryl methyl sites for hydroxylation is 1. The number of nitrogens with zero attached hydrogens (tertiary/aromatic N) is 1. The second kappa shape index (κ2) is 8.78. The molecular formula is C19H27NO6. The lowest BCUT2D eigenvalue weighted by Crippen LogP contribution is -2.35. The Labute approximate surface area is 153 Å². The number of aliphatic carboxylic acids is 1. The summed E-state index contributed by atoms with van der Waals surface area (Å²) in [5, 5.41) is 20.8. The number of methoxy groups -OCH3 is 1. The number of carboxylic acid groups (broad SMARTS) is 1. The van der Waals surface area contributed by atoms with Crippen LogP contribution in [-0.2, 0) is 26.2 Å². The summed E-state index contributed by atoms with van der Waals surface area (Å²) in [6.07, 6.45) is 1.69. The molecule has 0 fully saturated rings. The van der Waals surface area contributed by atoms with E-state index in [0.717, 1.165) is 5.56 Å². The molecule has 7 heteroatoms. The fourth-order valence-corrected chi connectivity index (χ4v) is 2.76. The highest BCUT2D eigenvalue weighted by molar-refractivity contribution is 5.81. The zero-order valence-electron chi connectivity index (χ0n) is 15.8. The molecule has 0 aliphatic rings. The average molecular weight is 365 g/mol. The van der Waals surface area contributed by atoms with Crippen molar-refractivity contribution in [2.75, 3.05) is 7.11 Å². The number of hydrogen-bond donors (Lipinski definition) is 1. The zero-order chi connectivity index (χ0) is 20.0. The van der Waals surface area contributed by atoms with Gasteiger partial charge < -0.3 is 9.84 Å². The topological polar surface area (TPSA) is 107 Å². The fraction of sp³-hybridized carbons (Fsp3) is 0.579. The molecule has 1 N–H and O–H groups in total. The second-order valence-electron chi connectivity index (χ2n) is 7.34. The predicted octanol–water partition coefficient (Wildman–Crippen LogP) is 3.36. The molecule has 1 unspecified atom stereocenters. The van der Waals surface area contributed by atoms with E-state index < -0.39 is 16.9 Å². The monoisotopic (exact) mass is 365 g/mol. The molecule has 0 amide bonds. The number of rotatable bonds is 10. The van der Waals surface area contributed by atoms with Crippen LogP contribution in [0.5, 0.6) is 0 Å². The largest absolute Gasteiger partial charge is 0.481 e. The first-order valence-corrected chi connectivity index (χ1v) is 8.57. The van der Waals surface area contributed by atoms with Gasteiger partial charge in [0.2, 0.25) is 5.54 Å². The van der Waals surface area contributed by atoms with Crippen molar-refractivity contribution >= 4 is 11.9 Å². The first-order valence-electron chi connectivity index (χ1n) is 8.57. The van der Waals surface area contributed by atoms with Gasteiger partial charge in [-0.15, -0.1) is 0 Å². The third-order valence-corrected chi connectivity index (χ3v) is 4.84. The number of carbonyl (C=O) groups is 2. The molecule has 1 rings (SSSR count). The summed E-state index contributed by atoms with van der Waals surface area (Å²) in [5.74, 6) is -1.29. The zero-order valence-corrected chi connectivity index (χ0v) is 15.8. The van der Waals surface area contributed by atoms with Gasteiger partial charge in [-0.2, -0.15) is 0 Å². The van der Waals surface area contributed by atoms with Crippen molar-refractivity contribution in [3.63, 3.8) is 0 Å². The van der Waals surface area contributed by atoms with Crippen LogP contribution in [0.4, 0.5) is 0 Å². The summed E-state index contributed by atoms with van der Waals surface area (Å²) in [7, 11) is 1.33. The number of carbonyl (C=O) groups excluding carboxylic acids is 1. The molecule has 0 saturated carbocycles. The van der Waals surface area contributed by atoms with E-state index in [-0.39, 0.29) is 17.3 Å². The summed E-state index contributed by atoms with van der Waals surface area (Å²) >= 11 is 0. The number of benzene rings is 1. The smallest absolute Gasteiger partial charge is 0.313 e. The third-order valence-electron chi connectivity index (χ3n) is 4.84. The van der Waals surface area contributed by atoms with E-state index in [2.05, 4.69) is 4.74 Å². The first-order chi connectivity index (χ1) is 12.0. The number of esters is 1. The fourth-order valence-electron chi connectivity index (χ4n) is 2.76. The van der Waals surface area contributed by atoms with E-state index in [0.29, 0.717) is 31.2 Å². The van der Waals surface area contributed by atoms with Gasteiger partial charge >= 0.3 is 11.9 Å². The Morgan fingerprint density at radius 1 is 1.23 bits per heavy atom. The van der Waals surface area contributed by atoms with Crippen LogP contribution in [-0.4, -0.2) is 34.6 Å². The minimum atomic E-state index is -1.14. The molecule has 1 atom stereocenters. The molecule has 0 aromatic heterocycles. The van der Waals surface area contributed by atoms with Crippen molar-refractivity contribution in [3.05, 3.63) is 45.5 Å². The van der Waals surface area contributed by atoms with Crippen molar-refractivity contribution in [1.82, 2.24) is 0 Å². The van der Waals surface area contributed by atoms with Gasteiger partial charge in [-0.05, 0) is 37.3 Å². The van der Waals surface area contributed by atoms with Crippen molar-refractivity contribution in [2.24, 2.45) is 0 Å². The molecule has 0 heterocycles. The highest BCUT2D eigenvalue weighted by atomic mass is 16.6. The van der Waals surface area contributed by atoms with Gasteiger partial charge in [0.05, 0.1) is 12.5 Å². The highest BCUT2D eigenvalue weighted by Crippen LogP contribution is 2.32. The maximum Gasteiger partial charge on any atom is 0.313 e. The Kier molecular flexibility index (Phi) is 7.29. The number of nitro groups is 1. The molecule has 7 nitrogen and oxygen atoms in total. The van der Waals surface area contributed by atoms with Crippen molar-refractivity contribution in [3.8, 4) is 0 Å². The molecule has 0 spiro atoms. The van der Waals surface area contributed by atoms with Gasteiger partial charge in [0.25, 0.3) is 0 Å². The quantitative estimate of drug-likeness (QED) is 0.387. The molecule has 1 aromatic rings. The van der Waals surface area contributed by atoms with E-state index >= 15 is 0 Å². The van der Waals surface area contributed by atoms with Crippen LogP contribution in [0.3, 0.4) is 0 Å². The number of carboxylic acids is 1. The number of hydrogen-bond acceptors (Lipinski definition) is 5. The van der Waals surface area contributed by atoms with Crippen LogP contribution in [0.25, 0.3) is 0 Å². The lowest BCUT2D eigenvalue weighted by atomic mass is 9.76. The maximum atomic E-state index is 11.9. The van der Waals surface area contributed by atoms with E-state index in [4.69, 9.17) is 0 Å². The Morgan fingerprint density at radius 2 is 1.88 bits per heavy atom. The molecule has 144 valence electrons. The Hall–Kier alpha value is -2.44. The Bertz CT molecular complexity index is 670. The maximum absolute atomic E-state index is 11.9. The van der Waals surface area contributed by atoms with Crippen LogP contribution in [0.15, 0.2) is 24.3 Å². The van der Waals surface area contributed by atoms with E-state index in [1.54, 1.807) is 39.0 Å². The average Bonchev–Trinajstić information content (AvgIpc) is 2.59. The van der Waals surface area contributed by atoms with Gasteiger partial charge in [0.1, 0.15) is 0 Å². The lowest BCUT2D eigenvalue weighted by molar-refractivity contribution is -0.561. The normalized spacial score (nSPS) is 13.7. The summed E-state index contributed by atoms with van der Waals surface area (Å²) in [5.41, 5.74) is -0.743. The minimum absolute atomic E-state index is 0.223. The Morgan fingerprint density at radius 3 is 2.42 bits per heavy atom. The van der Waals surface area contributed by atoms with E-state index in [1.165, 1.54) is 7.11 Å². The van der Waals surface area contributed by atoms with Crippen LogP contribution in [0.1, 0.15) is 57.6 Å². The highest BCUT2D eigenvalue weighted by Gasteiger charge is 2.37. The molecule has 26 heavy (non-hydrogen) atoms. The van der Waals surface area contributed by atoms with E-state index in [9.17, 15) is 24.8 Å². The molecular weight excluding hydrogens is 338 g/mol. The summed E-state index contributed by atoms with van der Waals surface area (Å²) < 4.78 is 4.62. The molecule has 0 aliphatic heterocycles. The van der Waals surface area contributed by atoms with Gasteiger partial charge in [0, 0.05) is 31.6 Å². The number of ether oxygens (including phenoxy) is 1. The van der Waals surface area contributed by atoms with Crippen molar-refractivity contribution in [1.29, 1.82) is 0 Å². The van der Waals surface area contributed by atoms with Crippen LogP contribution in [0, 0.1) is 10.1 Å². The van der Waals surface area contributed by atoms with E-state index in [1.807, 2.05) is 6.07 Å². The SMILES string of the molecule is COC(=O)CCc1cccc(C(C)(CCCC(C)(C)[N+](=O)[O-])C(=O)O)c1. The standard InChI is InChI=1S/C19H27NO6/c1-18(2,20(24)25)11-6-12-19(3,17(22)23)15-8-5-7-14(13-15)9-10-16(21)26-4/h5,7-8,13H,6,9-12H2,1-4H3,(H,22,23). The van der Waals surface area contributed by atoms with Gasteiger partial charge in [0.15, 0.2) is 0 Å².